The van der Waals surface area contributed by atoms with Crippen LogP contribution in [-0.4, -0.2) is 26.6 Å². The molecule has 6 nitrogen and oxygen atoms in total. The molecule has 0 aliphatic rings. The van der Waals surface area contributed by atoms with Gasteiger partial charge in [0.1, 0.15) is 23.9 Å². The highest BCUT2D eigenvalue weighted by Gasteiger charge is 2.10. The highest BCUT2D eigenvalue weighted by Crippen LogP contribution is 2.21. The van der Waals surface area contributed by atoms with Crippen LogP contribution in [0.2, 0.25) is 5.02 Å². The van der Waals surface area contributed by atoms with Gasteiger partial charge in [-0.1, -0.05) is 16.8 Å². The van der Waals surface area contributed by atoms with Crippen molar-refractivity contribution in [2.45, 2.75) is 13.2 Å². The van der Waals surface area contributed by atoms with Gasteiger partial charge < -0.3 is 9.47 Å². The van der Waals surface area contributed by atoms with Gasteiger partial charge in [-0.05, 0) is 12.1 Å². The van der Waals surface area contributed by atoms with Crippen LogP contribution in [0.4, 0.5) is 13.2 Å². The highest BCUT2D eigenvalue weighted by atomic mass is 35.5. The summed E-state index contributed by atoms with van der Waals surface area (Å²) in [6.07, 6.45) is 2.90. The molecular weight excluding hydrogens is 361 g/mol. The van der Waals surface area contributed by atoms with Gasteiger partial charge in [-0.15, -0.1) is 5.10 Å². The van der Waals surface area contributed by atoms with Crippen molar-refractivity contribution in [2.24, 2.45) is 0 Å². The Morgan fingerprint density at radius 1 is 1.20 bits per heavy atom. The summed E-state index contributed by atoms with van der Waals surface area (Å²) in [5.74, 6) is -0.715. The zero-order valence-corrected chi connectivity index (χ0v) is 13.2. The number of ether oxygens (including phenoxy) is 2. The largest absolute Gasteiger partial charge is 0.471 e. The van der Waals surface area contributed by atoms with Crippen LogP contribution in [0.15, 0.2) is 42.7 Å². The molecule has 0 atom stereocenters. The van der Waals surface area contributed by atoms with E-state index < -0.39 is 12.4 Å². The lowest BCUT2D eigenvalue weighted by atomic mass is 10.3. The lowest BCUT2D eigenvalue weighted by Gasteiger charge is -2.07. The molecule has 2 aromatic heterocycles. The summed E-state index contributed by atoms with van der Waals surface area (Å²) < 4.78 is 48.9. The number of benzene rings is 1. The van der Waals surface area contributed by atoms with Gasteiger partial charge in [0.2, 0.25) is 5.88 Å². The van der Waals surface area contributed by atoms with E-state index in [0.29, 0.717) is 16.6 Å². The van der Waals surface area contributed by atoms with Crippen LogP contribution in [0.1, 0.15) is 5.69 Å². The minimum absolute atomic E-state index is 0.0599. The molecule has 3 rings (SSSR count). The lowest BCUT2D eigenvalue weighted by molar-refractivity contribution is -0.0499. The first-order valence-electron chi connectivity index (χ1n) is 6.91. The summed E-state index contributed by atoms with van der Waals surface area (Å²) in [5.41, 5.74) is 0.608. The third-order valence-corrected chi connectivity index (χ3v) is 3.18. The summed E-state index contributed by atoms with van der Waals surface area (Å²) in [5, 5.41) is 8.16. The van der Waals surface area contributed by atoms with Crippen LogP contribution in [0.25, 0.3) is 5.69 Å². The Hall–Kier alpha value is -2.81. The molecular formula is C15H10ClF3N4O2. The Bertz CT molecular complexity index is 858. The molecule has 130 valence electrons. The Kier molecular flexibility index (Phi) is 5.03. The number of hydrogen-bond acceptors (Lipinski definition) is 5. The van der Waals surface area contributed by atoms with E-state index in [9.17, 15) is 13.2 Å². The lowest BCUT2D eigenvalue weighted by Crippen LogP contribution is -2.04. The number of pyridine rings is 1. The Labute approximate surface area is 144 Å². The van der Waals surface area contributed by atoms with Crippen molar-refractivity contribution in [1.82, 2.24) is 20.0 Å². The standard InChI is InChI=1S/C15H10ClF3N4O2/c16-9-1-2-14(20-6-9)24-8-11-7-23(22-21-11)12-3-10(17)4-13(5-12)25-15(18)19/h1-7,15H,8H2. The number of halogens is 4. The molecule has 2 heterocycles. The van der Waals surface area contributed by atoms with Gasteiger partial charge in [0.25, 0.3) is 0 Å². The maximum Gasteiger partial charge on any atom is 0.387 e. The van der Waals surface area contributed by atoms with E-state index in [1.165, 1.54) is 23.1 Å². The second-order valence-electron chi connectivity index (χ2n) is 4.78. The van der Waals surface area contributed by atoms with Crippen molar-refractivity contribution in [2.75, 3.05) is 0 Å². The van der Waals surface area contributed by atoms with E-state index in [1.807, 2.05) is 0 Å². The van der Waals surface area contributed by atoms with Gasteiger partial charge in [-0.2, -0.15) is 8.78 Å². The first-order valence-corrected chi connectivity index (χ1v) is 7.29. The normalized spacial score (nSPS) is 10.9. The Balaban J connectivity index is 1.72. The zero-order valence-electron chi connectivity index (χ0n) is 12.4. The minimum Gasteiger partial charge on any atom is -0.471 e. The van der Waals surface area contributed by atoms with Gasteiger partial charge in [0.15, 0.2) is 0 Å². The van der Waals surface area contributed by atoms with Gasteiger partial charge >= 0.3 is 6.61 Å². The summed E-state index contributed by atoms with van der Waals surface area (Å²) in [4.78, 5) is 3.96. The highest BCUT2D eigenvalue weighted by molar-refractivity contribution is 6.30. The summed E-state index contributed by atoms with van der Waals surface area (Å²) in [6, 6.07) is 6.39. The van der Waals surface area contributed by atoms with E-state index in [-0.39, 0.29) is 18.0 Å². The number of rotatable bonds is 6. The molecule has 0 saturated heterocycles. The average molecular weight is 371 g/mol. The van der Waals surface area contributed by atoms with Crippen molar-refractivity contribution in [3.8, 4) is 17.3 Å². The van der Waals surface area contributed by atoms with E-state index in [1.54, 1.807) is 12.1 Å². The van der Waals surface area contributed by atoms with Crippen molar-refractivity contribution < 1.29 is 22.6 Å². The smallest absolute Gasteiger partial charge is 0.387 e. The Morgan fingerprint density at radius 3 is 2.76 bits per heavy atom. The van der Waals surface area contributed by atoms with Crippen molar-refractivity contribution in [3.63, 3.8) is 0 Å². The fourth-order valence-electron chi connectivity index (χ4n) is 1.94. The molecule has 0 spiro atoms. The van der Waals surface area contributed by atoms with E-state index in [4.69, 9.17) is 16.3 Å². The summed E-state index contributed by atoms with van der Waals surface area (Å²) >= 11 is 5.73. The topological polar surface area (TPSA) is 62.1 Å². The third-order valence-electron chi connectivity index (χ3n) is 2.95. The van der Waals surface area contributed by atoms with Crippen LogP contribution in [-0.2, 0) is 6.61 Å². The van der Waals surface area contributed by atoms with Crippen molar-refractivity contribution in [3.05, 3.63) is 59.3 Å². The number of aromatic nitrogens is 4. The van der Waals surface area contributed by atoms with Gasteiger partial charge in [-0.25, -0.2) is 14.1 Å². The van der Waals surface area contributed by atoms with E-state index in [2.05, 4.69) is 20.0 Å². The van der Waals surface area contributed by atoms with Gasteiger partial charge in [0, 0.05) is 24.4 Å². The van der Waals surface area contributed by atoms with Crippen LogP contribution in [0.5, 0.6) is 11.6 Å². The third kappa shape index (κ3) is 4.60. The molecule has 0 aliphatic heterocycles. The number of nitrogens with zero attached hydrogens (tertiary/aromatic N) is 4. The molecule has 0 radical (unpaired) electrons. The molecule has 0 N–H and O–H groups in total. The monoisotopic (exact) mass is 370 g/mol. The van der Waals surface area contributed by atoms with Crippen LogP contribution >= 0.6 is 11.6 Å². The molecule has 0 aliphatic carbocycles. The van der Waals surface area contributed by atoms with Crippen molar-refractivity contribution in [1.29, 1.82) is 0 Å². The van der Waals surface area contributed by atoms with E-state index in [0.717, 1.165) is 12.1 Å². The summed E-state index contributed by atoms with van der Waals surface area (Å²) in [6.45, 7) is -2.99. The SMILES string of the molecule is Fc1cc(OC(F)F)cc(-n2cc(COc3ccc(Cl)cn3)nn2)c1. The molecule has 0 saturated carbocycles. The predicted molar refractivity (Wildman–Crippen MR) is 81.5 cm³/mol. The second-order valence-corrected chi connectivity index (χ2v) is 5.22. The van der Waals surface area contributed by atoms with Crippen LogP contribution in [0, 0.1) is 5.82 Å². The molecule has 25 heavy (non-hydrogen) atoms. The Morgan fingerprint density at radius 2 is 2.04 bits per heavy atom. The second kappa shape index (κ2) is 7.39. The van der Waals surface area contributed by atoms with Gasteiger partial charge in [0.05, 0.1) is 16.9 Å². The quantitative estimate of drug-likeness (QED) is 0.663. The maximum absolute atomic E-state index is 13.5. The minimum atomic E-state index is -3.05. The molecule has 10 heteroatoms. The van der Waals surface area contributed by atoms with Crippen LogP contribution < -0.4 is 9.47 Å². The fourth-order valence-corrected chi connectivity index (χ4v) is 2.05. The van der Waals surface area contributed by atoms with Crippen molar-refractivity contribution >= 4 is 11.6 Å². The first-order chi connectivity index (χ1) is 12.0. The molecule has 3 aromatic rings. The molecule has 0 amide bonds. The number of hydrogen-bond donors (Lipinski definition) is 0. The molecule has 0 unspecified atom stereocenters. The predicted octanol–water partition coefficient (Wildman–Crippen LogP) is 3.64. The summed E-state index contributed by atoms with van der Waals surface area (Å²) in [7, 11) is 0. The molecule has 1 aromatic carbocycles. The fraction of sp³-hybridized carbons (Fsp3) is 0.133. The number of alkyl halides is 2. The molecule has 0 bridgehead atoms. The van der Waals surface area contributed by atoms with Gasteiger partial charge in [-0.3, -0.25) is 0 Å². The maximum atomic E-state index is 13.5. The first kappa shape index (κ1) is 17.0. The van der Waals surface area contributed by atoms with E-state index >= 15 is 0 Å². The average Bonchev–Trinajstić information content (AvgIpc) is 3.02. The zero-order chi connectivity index (χ0) is 17.8. The van der Waals surface area contributed by atoms with Crippen LogP contribution in [0.3, 0.4) is 0 Å². The molecule has 0 fully saturated rings.